The van der Waals surface area contributed by atoms with Gasteiger partial charge >= 0.3 is 0 Å². The van der Waals surface area contributed by atoms with Gasteiger partial charge in [-0.05, 0) is 28.1 Å². The number of halogens is 1. The van der Waals surface area contributed by atoms with E-state index < -0.39 is 0 Å². The molecule has 2 rings (SSSR count). The van der Waals surface area contributed by atoms with Crippen molar-refractivity contribution < 1.29 is 4.79 Å². The molecule has 0 aliphatic heterocycles. The van der Waals surface area contributed by atoms with Crippen molar-refractivity contribution in [3.8, 4) is 0 Å². The van der Waals surface area contributed by atoms with Crippen LogP contribution in [-0.4, -0.2) is 22.2 Å². The van der Waals surface area contributed by atoms with Crippen LogP contribution in [0.5, 0.6) is 0 Å². The van der Waals surface area contributed by atoms with Crippen molar-refractivity contribution in [3.05, 3.63) is 38.8 Å². The molecule has 0 bridgehead atoms. The van der Waals surface area contributed by atoms with Crippen molar-refractivity contribution in [1.29, 1.82) is 0 Å². The molecule has 2 heterocycles. The van der Waals surface area contributed by atoms with Crippen molar-refractivity contribution in [2.75, 3.05) is 6.54 Å². The van der Waals surface area contributed by atoms with Crippen LogP contribution in [0, 0.1) is 0 Å². The van der Waals surface area contributed by atoms with Crippen molar-refractivity contribution in [3.63, 3.8) is 0 Å². The van der Waals surface area contributed by atoms with Gasteiger partial charge in [-0.1, -0.05) is 0 Å². The van der Waals surface area contributed by atoms with Gasteiger partial charge < -0.3 is 5.32 Å². The monoisotopic (exact) mass is 313 g/mol. The molecule has 90 valence electrons. The predicted octanol–water partition coefficient (Wildman–Crippen LogP) is 2.22. The van der Waals surface area contributed by atoms with E-state index in [2.05, 4.69) is 26.3 Å². The van der Waals surface area contributed by atoms with Crippen LogP contribution in [0.3, 0.4) is 0 Å². The Kier molecular flexibility index (Phi) is 3.96. The molecular formula is C11H12BrN3OS. The molecule has 2 aromatic rings. The fourth-order valence-electron chi connectivity index (χ4n) is 1.48. The standard InChI is InChI=1S/C11H12BrN3OS/c1-15-9(3-5-14-15)2-4-13-11(16)8-6-10(12)17-7-8/h3,5-7H,2,4H2,1H3,(H,13,16). The molecule has 0 saturated heterocycles. The Morgan fingerprint density at radius 1 is 1.65 bits per heavy atom. The lowest BCUT2D eigenvalue weighted by Crippen LogP contribution is -2.25. The molecular weight excluding hydrogens is 302 g/mol. The summed E-state index contributed by atoms with van der Waals surface area (Å²) in [5.74, 6) is -0.0332. The zero-order valence-electron chi connectivity index (χ0n) is 9.31. The highest BCUT2D eigenvalue weighted by Gasteiger charge is 2.07. The second-order valence-electron chi connectivity index (χ2n) is 3.59. The Labute approximate surface area is 112 Å². The third kappa shape index (κ3) is 3.17. The average molecular weight is 314 g/mol. The van der Waals surface area contributed by atoms with Crippen LogP contribution in [0.4, 0.5) is 0 Å². The number of amides is 1. The van der Waals surface area contributed by atoms with Crippen molar-refractivity contribution in [2.45, 2.75) is 6.42 Å². The smallest absolute Gasteiger partial charge is 0.252 e. The summed E-state index contributed by atoms with van der Waals surface area (Å²) in [5, 5.41) is 8.80. The molecule has 0 spiro atoms. The van der Waals surface area contributed by atoms with E-state index in [1.165, 1.54) is 11.3 Å². The van der Waals surface area contributed by atoms with Gasteiger partial charge in [0.15, 0.2) is 0 Å². The first-order valence-corrected chi connectivity index (χ1v) is 6.83. The summed E-state index contributed by atoms with van der Waals surface area (Å²) in [5.41, 5.74) is 1.81. The number of nitrogens with zero attached hydrogens (tertiary/aromatic N) is 2. The first-order valence-electron chi connectivity index (χ1n) is 5.16. The maximum absolute atomic E-state index is 11.7. The molecule has 0 saturated carbocycles. The maximum Gasteiger partial charge on any atom is 0.252 e. The van der Waals surface area contributed by atoms with Crippen LogP contribution >= 0.6 is 27.3 Å². The second kappa shape index (κ2) is 5.46. The summed E-state index contributed by atoms with van der Waals surface area (Å²) in [4.78, 5) is 11.7. The summed E-state index contributed by atoms with van der Waals surface area (Å²) < 4.78 is 2.78. The van der Waals surface area contributed by atoms with Gasteiger partial charge in [0, 0.05) is 37.3 Å². The zero-order valence-corrected chi connectivity index (χ0v) is 11.7. The lowest BCUT2D eigenvalue weighted by molar-refractivity contribution is 0.0954. The summed E-state index contributed by atoms with van der Waals surface area (Å²) >= 11 is 4.84. The summed E-state index contributed by atoms with van der Waals surface area (Å²) in [6, 6.07) is 3.78. The van der Waals surface area contributed by atoms with Crippen LogP contribution in [0.1, 0.15) is 16.1 Å². The fourth-order valence-corrected chi connectivity index (χ4v) is 2.62. The van der Waals surface area contributed by atoms with Gasteiger partial charge in [-0.15, -0.1) is 11.3 Å². The van der Waals surface area contributed by atoms with Crippen molar-refractivity contribution >= 4 is 33.2 Å². The van der Waals surface area contributed by atoms with Gasteiger partial charge in [-0.2, -0.15) is 5.10 Å². The molecule has 4 nitrogen and oxygen atoms in total. The average Bonchev–Trinajstić information content (AvgIpc) is 2.88. The van der Waals surface area contributed by atoms with Gasteiger partial charge in [0.1, 0.15) is 0 Å². The topological polar surface area (TPSA) is 46.9 Å². The highest BCUT2D eigenvalue weighted by Crippen LogP contribution is 2.20. The summed E-state index contributed by atoms with van der Waals surface area (Å²) in [7, 11) is 1.90. The van der Waals surface area contributed by atoms with E-state index in [0.29, 0.717) is 12.1 Å². The number of hydrogen-bond donors (Lipinski definition) is 1. The highest BCUT2D eigenvalue weighted by molar-refractivity contribution is 9.11. The third-order valence-electron chi connectivity index (χ3n) is 2.42. The van der Waals surface area contributed by atoms with Gasteiger partial charge in [0.05, 0.1) is 9.35 Å². The molecule has 1 N–H and O–H groups in total. The quantitative estimate of drug-likeness (QED) is 0.940. The van der Waals surface area contributed by atoms with E-state index in [1.807, 2.05) is 29.2 Å². The zero-order chi connectivity index (χ0) is 12.3. The van der Waals surface area contributed by atoms with Gasteiger partial charge in [0.2, 0.25) is 0 Å². The van der Waals surface area contributed by atoms with E-state index in [1.54, 1.807) is 6.20 Å². The molecule has 6 heteroatoms. The number of rotatable bonds is 4. The molecule has 0 unspecified atom stereocenters. The van der Waals surface area contributed by atoms with E-state index in [-0.39, 0.29) is 5.91 Å². The molecule has 0 radical (unpaired) electrons. The number of nitrogens with one attached hydrogen (secondary N) is 1. The molecule has 0 aliphatic rings. The summed E-state index contributed by atoms with van der Waals surface area (Å²) in [6.45, 7) is 0.617. The predicted molar refractivity (Wildman–Crippen MR) is 71.3 cm³/mol. The van der Waals surface area contributed by atoms with Crippen LogP contribution < -0.4 is 5.32 Å². The van der Waals surface area contributed by atoms with Gasteiger partial charge in [-0.3, -0.25) is 9.48 Å². The minimum Gasteiger partial charge on any atom is -0.352 e. The van der Waals surface area contributed by atoms with E-state index >= 15 is 0 Å². The molecule has 0 fully saturated rings. The van der Waals surface area contributed by atoms with Crippen LogP contribution in [-0.2, 0) is 13.5 Å². The van der Waals surface area contributed by atoms with E-state index in [9.17, 15) is 4.79 Å². The Hall–Kier alpha value is -1.14. The molecule has 2 aromatic heterocycles. The van der Waals surface area contributed by atoms with Crippen LogP contribution in [0.2, 0.25) is 0 Å². The molecule has 1 amide bonds. The highest BCUT2D eigenvalue weighted by atomic mass is 79.9. The molecule has 17 heavy (non-hydrogen) atoms. The lowest BCUT2D eigenvalue weighted by Gasteiger charge is -2.04. The number of aromatic nitrogens is 2. The van der Waals surface area contributed by atoms with Crippen molar-refractivity contribution in [1.82, 2.24) is 15.1 Å². The first-order chi connectivity index (χ1) is 8.16. The van der Waals surface area contributed by atoms with Crippen LogP contribution in [0.25, 0.3) is 0 Å². The largest absolute Gasteiger partial charge is 0.352 e. The molecule has 0 aromatic carbocycles. The van der Waals surface area contributed by atoms with Gasteiger partial charge in [-0.25, -0.2) is 0 Å². The number of aryl methyl sites for hydroxylation is 1. The number of hydrogen-bond acceptors (Lipinski definition) is 3. The number of carbonyl (C=O) groups excluding carboxylic acids is 1. The SMILES string of the molecule is Cn1nccc1CCNC(=O)c1csc(Br)c1. The van der Waals surface area contributed by atoms with Crippen molar-refractivity contribution in [2.24, 2.45) is 7.05 Å². The Morgan fingerprint density at radius 3 is 3.06 bits per heavy atom. The lowest BCUT2D eigenvalue weighted by atomic mass is 10.3. The molecule has 0 atom stereocenters. The Balaban J connectivity index is 1.83. The number of thiophene rings is 1. The maximum atomic E-state index is 11.7. The van der Waals surface area contributed by atoms with E-state index in [4.69, 9.17) is 0 Å². The minimum absolute atomic E-state index is 0.0332. The fraction of sp³-hybridized carbons (Fsp3) is 0.273. The Morgan fingerprint density at radius 2 is 2.47 bits per heavy atom. The minimum atomic E-state index is -0.0332. The van der Waals surface area contributed by atoms with Crippen LogP contribution in [0.15, 0.2) is 27.5 Å². The number of carbonyl (C=O) groups is 1. The second-order valence-corrected chi connectivity index (χ2v) is 5.88. The Bertz CT molecular complexity index is 520. The molecule has 0 aliphatic carbocycles. The first kappa shape index (κ1) is 12.3. The normalized spacial score (nSPS) is 10.5. The summed E-state index contributed by atoms with van der Waals surface area (Å²) in [6.07, 6.45) is 2.54. The third-order valence-corrected chi connectivity index (χ3v) is 3.92. The van der Waals surface area contributed by atoms with E-state index in [0.717, 1.165) is 15.9 Å². The van der Waals surface area contributed by atoms with Gasteiger partial charge in [0.25, 0.3) is 5.91 Å².